The lowest BCUT2D eigenvalue weighted by Crippen LogP contribution is -2.14. The van der Waals surface area contributed by atoms with Crippen molar-refractivity contribution in [1.82, 2.24) is 5.32 Å². The zero-order valence-corrected chi connectivity index (χ0v) is 14.4. The minimum absolute atomic E-state index is 0.926. The van der Waals surface area contributed by atoms with Crippen molar-refractivity contribution in [2.75, 3.05) is 6.54 Å². The molecule has 0 amide bonds. The predicted octanol–water partition coefficient (Wildman–Crippen LogP) is 5.41. The minimum atomic E-state index is 0.926. The van der Waals surface area contributed by atoms with Crippen molar-refractivity contribution in [3.8, 4) is 0 Å². The first-order chi connectivity index (χ1) is 9.69. The second-order valence-electron chi connectivity index (χ2n) is 4.84. The molecule has 2 aromatic carbocycles. The van der Waals surface area contributed by atoms with Gasteiger partial charge < -0.3 is 5.32 Å². The maximum absolute atomic E-state index is 3.57. The van der Waals surface area contributed by atoms with Gasteiger partial charge >= 0.3 is 0 Å². The Hall–Kier alpha value is -0.770. The molecular weight excluding hydrogens is 330 g/mol. The smallest absolute Gasteiger partial charge is 0.0216 e. The highest BCUT2D eigenvalue weighted by atomic mass is 79.9. The van der Waals surface area contributed by atoms with Crippen molar-refractivity contribution >= 4 is 27.7 Å². The Kier molecular flexibility index (Phi) is 6.14. The molecule has 0 unspecified atom stereocenters. The van der Waals surface area contributed by atoms with Crippen LogP contribution in [-0.2, 0) is 6.54 Å². The average molecular weight is 350 g/mol. The fourth-order valence-electron chi connectivity index (χ4n) is 1.90. The Balaban J connectivity index is 2.15. The molecule has 20 heavy (non-hydrogen) atoms. The van der Waals surface area contributed by atoms with Gasteiger partial charge in [-0.15, -0.1) is 0 Å². The van der Waals surface area contributed by atoms with Gasteiger partial charge in [0, 0.05) is 20.8 Å². The third-order valence-electron chi connectivity index (χ3n) is 3.02. The Morgan fingerprint density at radius 1 is 1.10 bits per heavy atom. The largest absolute Gasteiger partial charge is 0.313 e. The Morgan fingerprint density at radius 3 is 2.55 bits per heavy atom. The maximum atomic E-state index is 3.57. The minimum Gasteiger partial charge on any atom is -0.313 e. The molecule has 2 rings (SSSR count). The Bertz CT molecular complexity index is 551. The maximum Gasteiger partial charge on any atom is 0.0216 e. The topological polar surface area (TPSA) is 12.0 Å². The molecule has 0 bridgehead atoms. The van der Waals surface area contributed by atoms with Crippen LogP contribution in [0.5, 0.6) is 0 Å². The number of nitrogens with one attached hydrogen (secondary N) is 1. The van der Waals surface area contributed by atoms with Gasteiger partial charge in [-0.1, -0.05) is 58.4 Å². The van der Waals surface area contributed by atoms with Gasteiger partial charge in [0.2, 0.25) is 0 Å². The van der Waals surface area contributed by atoms with E-state index in [1.54, 1.807) is 0 Å². The van der Waals surface area contributed by atoms with E-state index in [1.165, 1.54) is 20.9 Å². The summed E-state index contributed by atoms with van der Waals surface area (Å²) in [5.74, 6) is 0. The van der Waals surface area contributed by atoms with E-state index in [2.05, 4.69) is 77.6 Å². The molecule has 1 nitrogen and oxygen atoms in total. The molecule has 3 heteroatoms. The molecule has 0 aliphatic rings. The summed E-state index contributed by atoms with van der Waals surface area (Å²) in [7, 11) is 0. The Morgan fingerprint density at radius 2 is 1.85 bits per heavy atom. The van der Waals surface area contributed by atoms with Gasteiger partial charge in [0.1, 0.15) is 0 Å². The zero-order valence-electron chi connectivity index (χ0n) is 11.9. The molecule has 2 aromatic rings. The number of halogens is 1. The van der Waals surface area contributed by atoms with E-state index >= 15 is 0 Å². The van der Waals surface area contributed by atoms with E-state index in [0.717, 1.165) is 24.0 Å². The third-order valence-corrected chi connectivity index (χ3v) is 4.62. The molecular formula is C17H20BrNS. The van der Waals surface area contributed by atoms with Crippen molar-refractivity contribution in [2.45, 2.75) is 36.6 Å². The summed E-state index contributed by atoms with van der Waals surface area (Å²) in [5, 5.41) is 3.48. The van der Waals surface area contributed by atoms with Crippen LogP contribution in [0.15, 0.2) is 56.7 Å². The van der Waals surface area contributed by atoms with Gasteiger partial charge in [-0.25, -0.2) is 0 Å². The lowest BCUT2D eigenvalue weighted by molar-refractivity contribution is 0.669. The van der Waals surface area contributed by atoms with Crippen LogP contribution in [0.3, 0.4) is 0 Å². The van der Waals surface area contributed by atoms with E-state index < -0.39 is 0 Å². The fraction of sp³-hybridized carbons (Fsp3) is 0.294. The van der Waals surface area contributed by atoms with Crippen molar-refractivity contribution in [3.63, 3.8) is 0 Å². The van der Waals surface area contributed by atoms with Crippen LogP contribution in [0.2, 0.25) is 0 Å². The summed E-state index contributed by atoms with van der Waals surface area (Å²) >= 11 is 5.39. The first-order valence-corrected chi connectivity index (χ1v) is 8.53. The van der Waals surface area contributed by atoms with E-state index in [-0.39, 0.29) is 0 Å². The van der Waals surface area contributed by atoms with Crippen molar-refractivity contribution in [3.05, 3.63) is 58.1 Å². The van der Waals surface area contributed by atoms with Gasteiger partial charge in [-0.3, -0.25) is 0 Å². The van der Waals surface area contributed by atoms with Crippen molar-refractivity contribution in [2.24, 2.45) is 0 Å². The molecule has 0 aliphatic carbocycles. The summed E-state index contributed by atoms with van der Waals surface area (Å²) < 4.78 is 1.13. The number of aryl methyl sites for hydroxylation is 1. The standard InChI is InChI=1S/C17H20BrNS/c1-3-10-19-12-14-6-7-15(18)11-17(14)20-16-8-4-13(2)5-9-16/h4-9,11,19H,3,10,12H2,1-2H3. The highest BCUT2D eigenvalue weighted by Gasteiger charge is 2.05. The van der Waals surface area contributed by atoms with Crippen LogP contribution in [0.4, 0.5) is 0 Å². The normalized spacial score (nSPS) is 10.8. The van der Waals surface area contributed by atoms with E-state index in [1.807, 2.05) is 11.8 Å². The second-order valence-corrected chi connectivity index (χ2v) is 6.87. The summed E-state index contributed by atoms with van der Waals surface area (Å²) in [6.07, 6.45) is 1.16. The molecule has 1 N–H and O–H groups in total. The monoisotopic (exact) mass is 349 g/mol. The van der Waals surface area contributed by atoms with Crippen molar-refractivity contribution < 1.29 is 0 Å². The predicted molar refractivity (Wildman–Crippen MR) is 91.4 cm³/mol. The second kappa shape index (κ2) is 7.87. The number of hydrogen-bond acceptors (Lipinski definition) is 2. The van der Waals surface area contributed by atoms with Gasteiger partial charge in [0.25, 0.3) is 0 Å². The molecule has 0 atom stereocenters. The lowest BCUT2D eigenvalue weighted by atomic mass is 10.2. The molecule has 0 saturated heterocycles. The van der Waals surface area contributed by atoms with E-state index in [9.17, 15) is 0 Å². The number of hydrogen-bond donors (Lipinski definition) is 1. The zero-order chi connectivity index (χ0) is 14.4. The van der Waals surface area contributed by atoms with Gasteiger partial charge in [0.05, 0.1) is 0 Å². The summed E-state index contributed by atoms with van der Waals surface area (Å²) in [6, 6.07) is 15.2. The average Bonchev–Trinajstić information content (AvgIpc) is 2.44. The van der Waals surface area contributed by atoms with Gasteiger partial charge in [-0.05, 0) is 49.7 Å². The SMILES string of the molecule is CCCNCc1ccc(Br)cc1Sc1ccc(C)cc1. The third kappa shape index (κ3) is 4.65. The summed E-state index contributed by atoms with van der Waals surface area (Å²) in [4.78, 5) is 2.59. The molecule has 0 aromatic heterocycles. The fourth-order valence-corrected chi connectivity index (χ4v) is 3.40. The van der Waals surface area contributed by atoms with Crippen molar-refractivity contribution in [1.29, 1.82) is 0 Å². The van der Waals surface area contributed by atoms with Crippen LogP contribution in [0, 0.1) is 6.92 Å². The molecule has 0 spiro atoms. The molecule has 0 fully saturated rings. The van der Waals surface area contributed by atoms with Gasteiger partial charge in [0.15, 0.2) is 0 Å². The Labute approximate surface area is 134 Å². The van der Waals surface area contributed by atoms with E-state index in [0.29, 0.717) is 0 Å². The highest BCUT2D eigenvalue weighted by molar-refractivity contribution is 9.10. The first-order valence-electron chi connectivity index (χ1n) is 6.92. The number of benzene rings is 2. The van der Waals surface area contributed by atoms with E-state index in [4.69, 9.17) is 0 Å². The van der Waals surface area contributed by atoms with Crippen LogP contribution in [0.25, 0.3) is 0 Å². The first kappa shape index (κ1) is 15.6. The molecule has 0 heterocycles. The van der Waals surface area contributed by atoms with Crippen LogP contribution >= 0.6 is 27.7 Å². The summed E-state index contributed by atoms with van der Waals surface area (Å²) in [6.45, 7) is 6.30. The molecule has 106 valence electrons. The number of rotatable bonds is 6. The van der Waals surface area contributed by atoms with Crippen LogP contribution in [-0.4, -0.2) is 6.54 Å². The van der Waals surface area contributed by atoms with Crippen LogP contribution < -0.4 is 5.32 Å². The molecule has 0 radical (unpaired) electrons. The quantitative estimate of drug-likeness (QED) is 0.699. The molecule has 0 saturated carbocycles. The highest BCUT2D eigenvalue weighted by Crippen LogP contribution is 2.32. The molecule has 0 aliphatic heterocycles. The summed E-state index contributed by atoms with van der Waals surface area (Å²) in [5.41, 5.74) is 2.65. The van der Waals surface area contributed by atoms with Gasteiger partial charge in [-0.2, -0.15) is 0 Å². The lowest BCUT2D eigenvalue weighted by Gasteiger charge is -2.11. The van der Waals surface area contributed by atoms with Crippen LogP contribution in [0.1, 0.15) is 24.5 Å².